The minimum Gasteiger partial charge on any atom is -0.457 e. The highest BCUT2D eigenvalue weighted by Crippen LogP contribution is 2.30. The largest absolute Gasteiger partial charge is 0.457 e. The van der Waals surface area contributed by atoms with E-state index in [0.717, 1.165) is 17.9 Å². The fourth-order valence-electron chi connectivity index (χ4n) is 3.03. The average Bonchev–Trinajstić information content (AvgIpc) is 3.11. The van der Waals surface area contributed by atoms with Crippen molar-refractivity contribution in [1.82, 2.24) is 10.2 Å². The van der Waals surface area contributed by atoms with Gasteiger partial charge in [0.05, 0.1) is 6.54 Å². The predicted molar refractivity (Wildman–Crippen MR) is 95.6 cm³/mol. The molecule has 0 bridgehead atoms. The van der Waals surface area contributed by atoms with Crippen LogP contribution in [0.25, 0.3) is 0 Å². The lowest BCUT2D eigenvalue weighted by atomic mass is 9.98. The molecule has 1 aliphatic heterocycles. The van der Waals surface area contributed by atoms with Crippen molar-refractivity contribution >= 4 is 11.8 Å². The summed E-state index contributed by atoms with van der Waals surface area (Å²) >= 11 is 0. The highest BCUT2D eigenvalue weighted by Gasteiger charge is 2.27. The molecule has 2 amide bonds. The summed E-state index contributed by atoms with van der Waals surface area (Å²) in [5.41, 5.74) is 1.17. The van der Waals surface area contributed by atoms with Gasteiger partial charge >= 0.3 is 0 Å². The third kappa shape index (κ3) is 4.59. The average molecular weight is 338 g/mol. The van der Waals surface area contributed by atoms with Crippen LogP contribution >= 0.6 is 0 Å². The van der Waals surface area contributed by atoms with Gasteiger partial charge < -0.3 is 15.0 Å². The Hall–Kier alpha value is -2.82. The highest BCUT2D eigenvalue weighted by molar-refractivity contribution is 5.83. The van der Waals surface area contributed by atoms with Crippen LogP contribution in [0, 0.1) is 0 Å². The van der Waals surface area contributed by atoms with Gasteiger partial charge in [-0.3, -0.25) is 9.59 Å². The van der Waals surface area contributed by atoms with Gasteiger partial charge in [-0.1, -0.05) is 30.3 Å². The number of rotatable bonds is 5. The third-order valence-electron chi connectivity index (χ3n) is 4.34. The number of carbonyl (C=O) groups excluding carboxylic acids is 2. The van der Waals surface area contributed by atoms with Crippen molar-refractivity contribution in [3.8, 4) is 11.5 Å². The van der Waals surface area contributed by atoms with Crippen molar-refractivity contribution in [3.05, 3.63) is 60.2 Å². The van der Waals surface area contributed by atoms with Crippen molar-refractivity contribution < 1.29 is 14.3 Å². The van der Waals surface area contributed by atoms with Crippen molar-refractivity contribution in [3.63, 3.8) is 0 Å². The molecule has 0 radical (unpaired) electrons. The van der Waals surface area contributed by atoms with E-state index in [1.807, 2.05) is 53.4 Å². The summed E-state index contributed by atoms with van der Waals surface area (Å²) in [6.45, 7) is 2.87. The Morgan fingerprint density at radius 2 is 1.88 bits per heavy atom. The Kier molecular flexibility index (Phi) is 5.33. The van der Waals surface area contributed by atoms with E-state index < -0.39 is 0 Å². The maximum atomic E-state index is 12.1. The molecule has 1 saturated heterocycles. The number of benzene rings is 2. The van der Waals surface area contributed by atoms with Gasteiger partial charge in [0.1, 0.15) is 11.5 Å². The lowest BCUT2D eigenvalue weighted by molar-refractivity contribution is -0.131. The van der Waals surface area contributed by atoms with Crippen LogP contribution in [0.15, 0.2) is 54.6 Å². The maximum Gasteiger partial charge on any atom is 0.241 e. The van der Waals surface area contributed by atoms with E-state index in [9.17, 15) is 9.59 Å². The zero-order valence-electron chi connectivity index (χ0n) is 14.3. The second-order valence-corrected chi connectivity index (χ2v) is 6.22. The van der Waals surface area contributed by atoms with Gasteiger partial charge in [-0.2, -0.15) is 0 Å². The van der Waals surface area contributed by atoms with Crippen molar-refractivity contribution in [2.45, 2.75) is 19.3 Å². The Morgan fingerprint density at radius 3 is 2.64 bits per heavy atom. The lowest BCUT2D eigenvalue weighted by Gasteiger charge is -2.17. The van der Waals surface area contributed by atoms with E-state index in [4.69, 9.17) is 4.74 Å². The topological polar surface area (TPSA) is 58.6 Å². The van der Waals surface area contributed by atoms with Gasteiger partial charge in [0.2, 0.25) is 11.8 Å². The van der Waals surface area contributed by atoms with Crippen LogP contribution in [0.4, 0.5) is 0 Å². The van der Waals surface area contributed by atoms with Gasteiger partial charge in [0.15, 0.2) is 0 Å². The maximum absolute atomic E-state index is 12.1. The van der Waals surface area contributed by atoms with Gasteiger partial charge in [0, 0.05) is 25.9 Å². The second-order valence-electron chi connectivity index (χ2n) is 6.22. The first-order valence-electron chi connectivity index (χ1n) is 8.47. The van der Waals surface area contributed by atoms with Crippen LogP contribution in [0.1, 0.15) is 24.8 Å². The zero-order chi connectivity index (χ0) is 17.6. The van der Waals surface area contributed by atoms with Crippen molar-refractivity contribution in [1.29, 1.82) is 0 Å². The molecule has 1 aliphatic rings. The SMILES string of the molecule is CC(=O)NCC(=O)N1CCC(c2cccc(Oc3ccccc3)c2)C1. The summed E-state index contributed by atoms with van der Waals surface area (Å²) in [6.07, 6.45) is 0.917. The van der Waals surface area contributed by atoms with E-state index in [1.54, 1.807) is 0 Å². The van der Waals surface area contributed by atoms with Crippen LogP contribution < -0.4 is 10.1 Å². The van der Waals surface area contributed by atoms with Crippen LogP contribution in [0.3, 0.4) is 0 Å². The molecule has 0 saturated carbocycles. The molecule has 1 N–H and O–H groups in total. The standard InChI is InChI=1S/C20H22N2O3/c1-15(23)21-13-20(24)22-11-10-17(14-22)16-6-5-9-19(12-16)25-18-7-3-2-4-8-18/h2-9,12,17H,10-11,13-14H2,1H3,(H,21,23). The quantitative estimate of drug-likeness (QED) is 0.912. The van der Waals surface area contributed by atoms with E-state index in [1.165, 1.54) is 12.5 Å². The lowest BCUT2D eigenvalue weighted by Crippen LogP contribution is -2.38. The minimum absolute atomic E-state index is 0.0330. The van der Waals surface area contributed by atoms with Crippen molar-refractivity contribution in [2.24, 2.45) is 0 Å². The molecule has 1 fully saturated rings. The molecular formula is C20H22N2O3. The molecule has 0 spiro atoms. The number of likely N-dealkylation sites (tertiary alicyclic amines) is 1. The molecule has 2 aromatic carbocycles. The fourth-order valence-corrected chi connectivity index (χ4v) is 3.03. The minimum atomic E-state index is -0.185. The molecule has 0 aromatic heterocycles. The van der Waals surface area contributed by atoms with Gasteiger partial charge in [-0.25, -0.2) is 0 Å². The summed E-state index contributed by atoms with van der Waals surface area (Å²) in [5.74, 6) is 1.68. The molecule has 2 aromatic rings. The summed E-state index contributed by atoms with van der Waals surface area (Å²) in [7, 11) is 0. The fraction of sp³-hybridized carbons (Fsp3) is 0.300. The normalized spacial score (nSPS) is 16.5. The van der Waals surface area contributed by atoms with E-state index in [-0.39, 0.29) is 18.4 Å². The monoisotopic (exact) mass is 338 g/mol. The number of hydrogen-bond donors (Lipinski definition) is 1. The number of hydrogen-bond acceptors (Lipinski definition) is 3. The van der Waals surface area contributed by atoms with Gasteiger partial charge in [-0.15, -0.1) is 0 Å². The second kappa shape index (κ2) is 7.83. The molecule has 1 unspecified atom stereocenters. The first-order chi connectivity index (χ1) is 12.1. The Balaban J connectivity index is 1.62. The number of nitrogens with zero attached hydrogens (tertiary/aromatic N) is 1. The molecule has 0 aliphatic carbocycles. The van der Waals surface area contributed by atoms with E-state index >= 15 is 0 Å². The number of amides is 2. The van der Waals surface area contributed by atoms with Crippen LogP contribution in [0.2, 0.25) is 0 Å². The van der Waals surface area contributed by atoms with E-state index in [2.05, 4.69) is 11.4 Å². The molecule has 5 heteroatoms. The zero-order valence-corrected chi connectivity index (χ0v) is 14.3. The van der Waals surface area contributed by atoms with Crippen molar-refractivity contribution in [2.75, 3.05) is 19.6 Å². The van der Waals surface area contributed by atoms with Gasteiger partial charge in [0.25, 0.3) is 0 Å². The van der Waals surface area contributed by atoms with Gasteiger partial charge in [-0.05, 0) is 36.2 Å². The predicted octanol–water partition coefficient (Wildman–Crippen LogP) is 2.93. The Morgan fingerprint density at radius 1 is 1.12 bits per heavy atom. The third-order valence-corrected chi connectivity index (χ3v) is 4.34. The summed E-state index contributed by atoms with van der Waals surface area (Å²) in [6, 6.07) is 17.7. The number of ether oxygens (including phenoxy) is 1. The smallest absolute Gasteiger partial charge is 0.241 e. The first-order valence-corrected chi connectivity index (χ1v) is 8.47. The molecule has 5 nitrogen and oxygen atoms in total. The molecular weight excluding hydrogens is 316 g/mol. The van der Waals surface area contributed by atoms with E-state index in [0.29, 0.717) is 19.0 Å². The summed E-state index contributed by atoms with van der Waals surface area (Å²) < 4.78 is 5.89. The Labute approximate surface area is 147 Å². The van der Waals surface area contributed by atoms with Crippen LogP contribution in [0.5, 0.6) is 11.5 Å². The molecule has 25 heavy (non-hydrogen) atoms. The number of nitrogens with one attached hydrogen (secondary N) is 1. The molecule has 1 atom stereocenters. The van der Waals surface area contributed by atoms with Crippen LogP contribution in [-0.4, -0.2) is 36.3 Å². The Bertz CT molecular complexity index is 746. The highest BCUT2D eigenvalue weighted by atomic mass is 16.5. The first kappa shape index (κ1) is 17.0. The molecule has 130 valence electrons. The van der Waals surface area contributed by atoms with Crippen LogP contribution in [-0.2, 0) is 9.59 Å². The number of para-hydroxylation sites is 1. The number of carbonyl (C=O) groups is 2. The molecule has 3 rings (SSSR count). The summed E-state index contributed by atoms with van der Waals surface area (Å²) in [4.78, 5) is 24.9. The molecule has 1 heterocycles. The summed E-state index contributed by atoms with van der Waals surface area (Å²) in [5, 5.41) is 2.56.